The van der Waals surface area contributed by atoms with Gasteiger partial charge in [0.15, 0.2) is 5.69 Å². The number of ether oxygens (including phenoxy) is 1. The zero-order chi connectivity index (χ0) is 24.2. The average Bonchev–Trinajstić information content (AvgIpc) is 3.12. The number of rotatable bonds is 8. The summed E-state index contributed by atoms with van der Waals surface area (Å²) in [6.45, 7) is 5.18. The van der Waals surface area contributed by atoms with E-state index in [0.29, 0.717) is 41.6 Å². The normalized spacial score (nSPS) is 18.9. The van der Waals surface area contributed by atoms with Gasteiger partial charge < -0.3 is 10.1 Å². The number of nitrogens with zero attached hydrogens (tertiary/aromatic N) is 2. The summed E-state index contributed by atoms with van der Waals surface area (Å²) >= 11 is 6.62. The average molecular weight is 486 g/mol. The lowest BCUT2D eigenvalue weighted by Crippen LogP contribution is -2.31. The van der Waals surface area contributed by atoms with Crippen molar-refractivity contribution in [1.29, 1.82) is 0 Å². The van der Waals surface area contributed by atoms with Gasteiger partial charge in [0.05, 0.1) is 17.8 Å². The van der Waals surface area contributed by atoms with Crippen molar-refractivity contribution in [2.45, 2.75) is 65.1 Å². The van der Waals surface area contributed by atoms with E-state index in [4.69, 9.17) is 16.3 Å². The van der Waals surface area contributed by atoms with E-state index in [-0.39, 0.29) is 23.0 Å². The van der Waals surface area contributed by atoms with Gasteiger partial charge in [-0.3, -0.25) is 9.48 Å². The van der Waals surface area contributed by atoms with Gasteiger partial charge in [0.25, 0.3) is 5.91 Å². The molecule has 1 aliphatic carbocycles. The summed E-state index contributed by atoms with van der Waals surface area (Å²) in [7, 11) is 1.45. The van der Waals surface area contributed by atoms with E-state index in [9.17, 15) is 18.0 Å². The topological polar surface area (TPSA) is 56.2 Å². The van der Waals surface area contributed by atoms with Crippen LogP contribution in [0.5, 0.6) is 5.75 Å². The molecule has 1 aromatic carbocycles. The van der Waals surface area contributed by atoms with Gasteiger partial charge in [-0.2, -0.15) is 18.3 Å². The summed E-state index contributed by atoms with van der Waals surface area (Å²) in [5.74, 6) is 1.26. The Morgan fingerprint density at radius 1 is 1.27 bits per heavy atom. The smallest absolute Gasteiger partial charge is 0.389 e. The molecule has 0 saturated heterocycles. The largest absolute Gasteiger partial charge is 0.496 e. The fourth-order valence-electron chi connectivity index (χ4n) is 4.30. The first kappa shape index (κ1) is 25.4. The number of aryl methyl sites for hydroxylation is 2. The Bertz CT molecular complexity index is 967. The van der Waals surface area contributed by atoms with Crippen molar-refractivity contribution >= 4 is 17.5 Å². The van der Waals surface area contributed by atoms with Crippen molar-refractivity contribution in [3.8, 4) is 17.0 Å². The SMILES string of the molecule is CCn1nc(C(=O)NCC2CCC(C)CC2)c(Cl)c1-c1ccc(CCC(F)(F)F)cc1OC. The standard InChI is InChI=1S/C24H31ClF3N3O2/c1-4-31-22(18-10-9-16(13-19(18)33-3)11-12-24(26,27)28)20(25)21(30-31)23(32)29-14-17-7-5-15(2)6-8-17/h9-10,13,15,17H,4-8,11-12,14H2,1-3H3,(H,29,32). The Morgan fingerprint density at radius 3 is 2.58 bits per heavy atom. The zero-order valence-electron chi connectivity index (χ0n) is 19.3. The second kappa shape index (κ2) is 10.8. The molecule has 1 heterocycles. The van der Waals surface area contributed by atoms with E-state index >= 15 is 0 Å². The Labute approximate surface area is 197 Å². The van der Waals surface area contributed by atoms with E-state index in [2.05, 4.69) is 17.3 Å². The predicted octanol–water partition coefficient (Wildman–Crippen LogP) is 6.28. The fraction of sp³-hybridized carbons (Fsp3) is 0.583. The molecule has 1 saturated carbocycles. The third-order valence-corrected chi connectivity index (χ3v) is 6.67. The highest BCUT2D eigenvalue weighted by Crippen LogP contribution is 2.38. The quantitative estimate of drug-likeness (QED) is 0.478. The minimum Gasteiger partial charge on any atom is -0.496 e. The van der Waals surface area contributed by atoms with Crippen molar-refractivity contribution < 1.29 is 22.7 Å². The summed E-state index contributed by atoms with van der Waals surface area (Å²) in [5, 5.41) is 7.59. The number of hydrogen-bond acceptors (Lipinski definition) is 3. The minimum atomic E-state index is -4.23. The van der Waals surface area contributed by atoms with Crippen molar-refractivity contribution in [3.63, 3.8) is 0 Å². The molecule has 0 atom stereocenters. The number of carbonyl (C=O) groups excluding carboxylic acids is 1. The minimum absolute atomic E-state index is 0.140. The lowest BCUT2D eigenvalue weighted by atomic mass is 9.83. The maximum absolute atomic E-state index is 12.9. The third kappa shape index (κ3) is 6.43. The van der Waals surface area contributed by atoms with E-state index in [1.54, 1.807) is 22.9 Å². The van der Waals surface area contributed by atoms with Crippen LogP contribution in [0.25, 0.3) is 11.3 Å². The molecule has 182 valence electrons. The molecule has 0 aliphatic heterocycles. The van der Waals surface area contributed by atoms with E-state index < -0.39 is 12.6 Å². The van der Waals surface area contributed by atoms with Gasteiger partial charge in [-0.15, -0.1) is 0 Å². The summed E-state index contributed by atoms with van der Waals surface area (Å²) in [5.41, 5.74) is 1.73. The van der Waals surface area contributed by atoms with Crippen molar-refractivity contribution in [3.05, 3.63) is 34.5 Å². The summed E-state index contributed by atoms with van der Waals surface area (Å²) in [6, 6.07) is 4.87. The van der Waals surface area contributed by atoms with Gasteiger partial charge in [0.2, 0.25) is 0 Å². The first-order chi connectivity index (χ1) is 15.6. The Kier molecular flexibility index (Phi) is 8.32. The molecule has 0 spiro atoms. The molecule has 0 bridgehead atoms. The van der Waals surface area contributed by atoms with E-state index in [1.807, 2.05) is 6.92 Å². The van der Waals surface area contributed by atoms with Crippen LogP contribution in [-0.2, 0) is 13.0 Å². The van der Waals surface area contributed by atoms with Crippen LogP contribution in [-0.4, -0.2) is 35.5 Å². The number of hydrogen-bond donors (Lipinski definition) is 1. The monoisotopic (exact) mass is 485 g/mol. The first-order valence-electron chi connectivity index (χ1n) is 11.4. The number of nitrogens with one attached hydrogen (secondary N) is 1. The van der Waals surface area contributed by atoms with Crippen LogP contribution in [0.4, 0.5) is 13.2 Å². The van der Waals surface area contributed by atoms with Crippen LogP contribution in [0.2, 0.25) is 5.02 Å². The van der Waals surface area contributed by atoms with Gasteiger partial charge in [0, 0.05) is 25.1 Å². The molecule has 5 nitrogen and oxygen atoms in total. The Hall–Kier alpha value is -2.22. The van der Waals surface area contributed by atoms with Crippen LogP contribution in [0.1, 0.15) is 62.0 Å². The fourth-order valence-corrected chi connectivity index (χ4v) is 4.62. The van der Waals surface area contributed by atoms with Crippen molar-refractivity contribution in [2.24, 2.45) is 11.8 Å². The molecule has 1 aromatic heterocycles. The van der Waals surface area contributed by atoms with E-state index in [0.717, 1.165) is 18.8 Å². The molecule has 9 heteroatoms. The molecular formula is C24H31ClF3N3O2. The predicted molar refractivity (Wildman–Crippen MR) is 123 cm³/mol. The van der Waals surface area contributed by atoms with Gasteiger partial charge in [0.1, 0.15) is 5.75 Å². The highest BCUT2D eigenvalue weighted by Gasteiger charge is 2.28. The number of methoxy groups -OCH3 is 1. The van der Waals surface area contributed by atoms with Gasteiger partial charge in [-0.25, -0.2) is 0 Å². The van der Waals surface area contributed by atoms with Gasteiger partial charge in [-0.1, -0.05) is 37.4 Å². The van der Waals surface area contributed by atoms with Gasteiger partial charge in [-0.05, 0) is 55.7 Å². The molecule has 1 N–H and O–H groups in total. The molecule has 3 rings (SSSR count). The Morgan fingerprint density at radius 2 is 1.97 bits per heavy atom. The van der Waals surface area contributed by atoms with Crippen LogP contribution >= 0.6 is 11.6 Å². The molecular weight excluding hydrogens is 455 g/mol. The number of halogens is 4. The second-order valence-electron chi connectivity index (χ2n) is 8.81. The maximum Gasteiger partial charge on any atom is 0.389 e. The molecule has 33 heavy (non-hydrogen) atoms. The van der Waals surface area contributed by atoms with E-state index in [1.165, 1.54) is 20.0 Å². The second-order valence-corrected chi connectivity index (χ2v) is 9.19. The first-order valence-corrected chi connectivity index (χ1v) is 11.8. The molecule has 1 amide bonds. The number of alkyl halides is 3. The van der Waals surface area contributed by atoms with Gasteiger partial charge >= 0.3 is 6.18 Å². The Balaban J connectivity index is 1.81. The molecule has 0 unspecified atom stereocenters. The van der Waals surface area contributed by atoms with Crippen LogP contribution in [0, 0.1) is 11.8 Å². The summed E-state index contributed by atoms with van der Waals surface area (Å²) < 4.78 is 44.9. The highest BCUT2D eigenvalue weighted by atomic mass is 35.5. The van der Waals surface area contributed by atoms with Crippen molar-refractivity contribution in [2.75, 3.05) is 13.7 Å². The number of carbonyl (C=O) groups is 1. The molecule has 1 fully saturated rings. The number of aromatic nitrogens is 2. The lowest BCUT2D eigenvalue weighted by Gasteiger charge is -2.26. The van der Waals surface area contributed by atoms with Crippen LogP contribution < -0.4 is 10.1 Å². The summed E-state index contributed by atoms with van der Waals surface area (Å²) in [4.78, 5) is 12.9. The number of benzene rings is 1. The molecule has 2 aromatic rings. The van der Waals surface area contributed by atoms with Crippen molar-refractivity contribution in [1.82, 2.24) is 15.1 Å². The third-order valence-electron chi connectivity index (χ3n) is 6.31. The van der Waals surface area contributed by atoms with Crippen LogP contribution in [0.3, 0.4) is 0 Å². The maximum atomic E-state index is 12.9. The van der Waals surface area contributed by atoms with Crippen LogP contribution in [0.15, 0.2) is 18.2 Å². The summed E-state index contributed by atoms with van der Waals surface area (Å²) in [6.07, 6.45) is -0.733. The zero-order valence-corrected chi connectivity index (χ0v) is 20.0. The molecule has 1 aliphatic rings. The number of amides is 1. The molecule has 0 radical (unpaired) electrons. The lowest BCUT2D eigenvalue weighted by molar-refractivity contribution is -0.134. The highest BCUT2D eigenvalue weighted by molar-refractivity contribution is 6.36.